The lowest BCUT2D eigenvalue weighted by atomic mass is 10.00. The minimum Gasteiger partial charge on any atom is -0.354 e. The van der Waals surface area contributed by atoms with Crippen LogP contribution in [0.2, 0.25) is 5.02 Å². The Hall–Kier alpha value is -1.31. The first-order chi connectivity index (χ1) is 13.2. The quantitative estimate of drug-likeness (QED) is 0.612. The molecular weight excluding hydrogens is 398 g/mol. The number of aryl methyl sites for hydroxylation is 1. The number of piperidine rings is 1. The summed E-state index contributed by atoms with van der Waals surface area (Å²) in [7, 11) is -3.60. The van der Waals surface area contributed by atoms with E-state index in [9.17, 15) is 13.2 Å². The number of anilines is 1. The Morgan fingerprint density at radius 1 is 1.36 bits per heavy atom. The van der Waals surface area contributed by atoms with Crippen LogP contribution in [0.25, 0.3) is 0 Å². The van der Waals surface area contributed by atoms with Gasteiger partial charge in [0.15, 0.2) is 0 Å². The molecule has 1 aromatic carbocycles. The molecule has 0 bridgehead atoms. The number of carbonyl (C=O) groups is 1. The molecule has 158 valence electrons. The van der Waals surface area contributed by atoms with Gasteiger partial charge in [-0.15, -0.1) is 0 Å². The molecule has 1 fully saturated rings. The molecule has 28 heavy (non-hydrogen) atoms. The average molecular weight is 430 g/mol. The van der Waals surface area contributed by atoms with Crippen LogP contribution in [0, 0.1) is 6.92 Å². The van der Waals surface area contributed by atoms with Gasteiger partial charge in [-0.1, -0.05) is 31.0 Å². The van der Waals surface area contributed by atoms with Crippen LogP contribution in [0.15, 0.2) is 18.2 Å². The summed E-state index contributed by atoms with van der Waals surface area (Å²) in [5.74, 6) is -0.312. The molecule has 1 aliphatic heterocycles. The number of benzene rings is 1. The van der Waals surface area contributed by atoms with Crippen molar-refractivity contribution in [2.45, 2.75) is 52.0 Å². The first kappa shape index (κ1) is 23.0. The molecule has 6 nitrogen and oxygen atoms in total. The van der Waals surface area contributed by atoms with E-state index in [-0.39, 0.29) is 12.5 Å². The van der Waals surface area contributed by atoms with Crippen molar-refractivity contribution in [2.24, 2.45) is 0 Å². The number of sulfonamides is 1. The molecule has 1 N–H and O–H groups in total. The largest absolute Gasteiger partial charge is 0.354 e. The van der Waals surface area contributed by atoms with Crippen LogP contribution in [0.3, 0.4) is 0 Å². The third-order valence-corrected chi connectivity index (χ3v) is 6.84. The predicted octanol–water partition coefficient (Wildman–Crippen LogP) is 3.19. The molecule has 2 rings (SSSR count). The van der Waals surface area contributed by atoms with Crippen LogP contribution in [0.5, 0.6) is 0 Å². The monoisotopic (exact) mass is 429 g/mol. The molecule has 0 aromatic heterocycles. The van der Waals surface area contributed by atoms with Gasteiger partial charge >= 0.3 is 0 Å². The fraction of sp³-hybridized carbons (Fsp3) is 0.650. The Balaban J connectivity index is 1.87. The first-order valence-corrected chi connectivity index (χ1v) is 12.2. The molecule has 0 aliphatic carbocycles. The molecule has 1 aromatic rings. The molecule has 1 atom stereocenters. The van der Waals surface area contributed by atoms with E-state index in [4.69, 9.17) is 11.6 Å². The zero-order valence-corrected chi connectivity index (χ0v) is 18.7. The zero-order chi connectivity index (χ0) is 20.7. The highest BCUT2D eigenvalue weighted by Gasteiger charge is 2.22. The number of carbonyl (C=O) groups excluding carboxylic acids is 1. The van der Waals surface area contributed by atoms with Crippen LogP contribution in [0.1, 0.15) is 44.6 Å². The summed E-state index contributed by atoms with van der Waals surface area (Å²) >= 11 is 6.12. The lowest BCUT2D eigenvalue weighted by Gasteiger charge is -2.35. The van der Waals surface area contributed by atoms with Crippen molar-refractivity contribution in [1.29, 1.82) is 0 Å². The Morgan fingerprint density at radius 2 is 2.11 bits per heavy atom. The van der Waals surface area contributed by atoms with E-state index in [1.165, 1.54) is 19.3 Å². The molecule has 8 heteroatoms. The highest BCUT2D eigenvalue weighted by molar-refractivity contribution is 7.92. The van der Waals surface area contributed by atoms with E-state index in [1.807, 2.05) is 6.92 Å². The normalized spacial score (nSPS) is 18.1. The Labute approximate surface area is 174 Å². The summed E-state index contributed by atoms with van der Waals surface area (Å²) in [4.78, 5) is 14.8. The molecule has 1 saturated heterocycles. The van der Waals surface area contributed by atoms with E-state index in [1.54, 1.807) is 18.2 Å². The molecule has 0 radical (unpaired) electrons. The summed E-state index contributed by atoms with van der Waals surface area (Å²) in [5.41, 5.74) is 1.25. The molecule has 1 heterocycles. The maximum atomic E-state index is 12.3. The van der Waals surface area contributed by atoms with Crippen molar-refractivity contribution < 1.29 is 13.2 Å². The third-order valence-electron chi connectivity index (χ3n) is 5.30. The van der Waals surface area contributed by atoms with E-state index in [0.29, 0.717) is 23.3 Å². The highest BCUT2D eigenvalue weighted by atomic mass is 35.5. The van der Waals surface area contributed by atoms with Gasteiger partial charge in [-0.05, 0) is 56.8 Å². The fourth-order valence-electron chi connectivity index (χ4n) is 3.65. The van der Waals surface area contributed by atoms with Crippen molar-refractivity contribution in [1.82, 2.24) is 10.2 Å². The van der Waals surface area contributed by atoms with E-state index >= 15 is 0 Å². The van der Waals surface area contributed by atoms with Gasteiger partial charge in [0, 0.05) is 24.2 Å². The molecule has 1 amide bonds. The summed E-state index contributed by atoms with van der Waals surface area (Å²) in [6.07, 6.45) is 6.91. The maximum absolute atomic E-state index is 12.3. The summed E-state index contributed by atoms with van der Waals surface area (Å²) in [6, 6.07) is 5.64. The van der Waals surface area contributed by atoms with Crippen molar-refractivity contribution in [3.05, 3.63) is 28.8 Å². The van der Waals surface area contributed by atoms with E-state index < -0.39 is 10.0 Å². The number of halogens is 1. The molecule has 0 saturated carbocycles. The van der Waals surface area contributed by atoms with Gasteiger partial charge in [-0.3, -0.25) is 9.10 Å². The van der Waals surface area contributed by atoms with Crippen molar-refractivity contribution in [3.8, 4) is 0 Å². The molecule has 1 aliphatic rings. The van der Waals surface area contributed by atoms with Crippen molar-refractivity contribution in [2.75, 3.05) is 36.7 Å². The number of amides is 1. The van der Waals surface area contributed by atoms with Gasteiger partial charge in [0.1, 0.15) is 6.54 Å². The third kappa shape index (κ3) is 6.64. The smallest absolute Gasteiger partial charge is 0.240 e. The minimum absolute atomic E-state index is 0.250. The summed E-state index contributed by atoms with van der Waals surface area (Å²) < 4.78 is 25.4. The highest BCUT2D eigenvalue weighted by Crippen LogP contribution is 2.24. The lowest BCUT2D eigenvalue weighted by molar-refractivity contribution is -0.119. The molecule has 1 unspecified atom stereocenters. The topological polar surface area (TPSA) is 69.7 Å². The number of nitrogens with zero attached hydrogens (tertiary/aromatic N) is 2. The SMILES string of the molecule is CCC1CCCCN1CCCNC(=O)CN(c1ccc(C)c(Cl)c1)S(C)(=O)=O. The lowest BCUT2D eigenvalue weighted by Crippen LogP contribution is -2.42. The van der Waals surface area contributed by atoms with Crippen LogP contribution >= 0.6 is 11.6 Å². The summed E-state index contributed by atoms with van der Waals surface area (Å²) in [6.45, 7) is 6.44. The second kappa shape index (κ2) is 10.5. The van der Waals surface area contributed by atoms with Crippen LogP contribution in [-0.4, -0.2) is 57.7 Å². The number of nitrogens with one attached hydrogen (secondary N) is 1. The fourth-order valence-corrected chi connectivity index (χ4v) is 4.67. The van der Waals surface area contributed by atoms with Crippen molar-refractivity contribution in [3.63, 3.8) is 0 Å². The zero-order valence-electron chi connectivity index (χ0n) is 17.1. The van der Waals surface area contributed by atoms with E-state index in [0.717, 1.165) is 42.1 Å². The standard InChI is InChI=1S/C20H32ClN3O3S/c1-4-17-8-5-6-12-23(17)13-7-11-22-20(25)15-24(28(3,26)27)18-10-9-16(2)19(21)14-18/h9-10,14,17H,4-8,11-13,15H2,1-3H3,(H,22,25). The van der Waals surface area contributed by atoms with Gasteiger partial charge in [-0.25, -0.2) is 8.42 Å². The molecular formula is C20H32ClN3O3S. The first-order valence-electron chi connectivity index (χ1n) is 9.97. The average Bonchev–Trinajstić information content (AvgIpc) is 2.65. The van der Waals surface area contributed by atoms with Gasteiger partial charge in [0.05, 0.1) is 11.9 Å². The number of likely N-dealkylation sites (tertiary alicyclic amines) is 1. The van der Waals surface area contributed by atoms with Gasteiger partial charge in [0.2, 0.25) is 15.9 Å². The number of hydrogen-bond acceptors (Lipinski definition) is 4. The minimum atomic E-state index is -3.60. The number of hydrogen-bond donors (Lipinski definition) is 1. The second-order valence-electron chi connectivity index (χ2n) is 7.50. The van der Waals surface area contributed by atoms with Crippen molar-refractivity contribution >= 4 is 33.2 Å². The van der Waals surface area contributed by atoms with Gasteiger partial charge in [0.25, 0.3) is 0 Å². The predicted molar refractivity (Wildman–Crippen MR) is 116 cm³/mol. The molecule has 0 spiro atoms. The van der Waals surface area contributed by atoms with Gasteiger partial charge in [-0.2, -0.15) is 0 Å². The van der Waals surface area contributed by atoms with Gasteiger partial charge < -0.3 is 10.2 Å². The van der Waals surface area contributed by atoms with Crippen LogP contribution in [0.4, 0.5) is 5.69 Å². The second-order valence-corrected chi connectivity index (χ2v) is 9.81. The number of rotatable bonds is 9. The maximum Gasteiger partial charge on any atom is 0.240 e. The van der Waals surface area contributed by atoms with E-state index in [2.05, 4.69) is 17.1 Å². The van der Waals surface area contributed by atoms with Crippen LogP contribution < -0.4 is 9.62 Å². The Kier molecular flexibility index (Phi) is 8.58. The summed E-state index contributed by atoms with van der Waals surface area (Å²) in [5, 5.41) is 3.32. The Morgan fingerprint density at radius 3 is 2.75 bits per heavy atom. The van der Waals surface area contributed by atoms with Crippen LogP contribution in [-0.2, 0) is 14.8 Å². The Bertz CT molecular complexity index is 770.